The van der Waals surface area contributed by atoms with Gasteiger partial charge >= 0.3 is 0 Å². The summed E-state index contributed by atoms with van der Waals surface area (Å²) in [5.74, 6) is 0.912. The minimum atomic E-state index is -0.331. The second-order valence-electron chi connectivity index (χ2n) is 9.34. The van der Waals surface area contributed by atoms with Gasteiger partial charge in [0, 0.05) is 31.0 Å². The number of fused-ring (bicyclic) bond motifs is 1. The van der Waals surface area contributed by atoms with Crippen LogP contribution >= 0.6 is 0 Å². The molecule has 0 radical (unpaired) electrons. The molecular weight excluding hydrogens is 383 g/mol. The highest BCUT2D eigenvalue weighted by Gasteiger charge is 2.50. The highest BCUT2D eigenvalue weighted by molar-refractivity contribution is 5.79. The molecule has 4 rings (SSSR count). The Balaban J connectivity index is 1.33. The molecule has 1 N–H and O–H groups in total. The molecule has 5 nitrogen and oxygen atoms in total. The summed E-state index contributed by atoms with van der Waals surface area (Å²) in [6.45, 7) is 1.40. The lowest BCUT2D eigenvalue weighted by Crippen LogP contribution is -2.57. The van der Waals surface area contributed by atoms with Gasteiger partial charge in [0.1, 0.15) is 11.6 Å². The van der Waals surface area contributed by atoms with E-state index in [0.717, 1.165) is 32.2 Å². The zero-order valence-corrected chi connectivity index (χ0v) is 17.7. The Labute approximate surface area is 178 Å². The van der Waals surface area contributed by atoms with Crippen LogP contribution in [0, 0.1) is 17.2 Å². The van der Waals surface area contributed by atoms with Crippen molar-refractivity contribution in [2.24, 2.45) is 11.3 Å². The van der Waals surface area contributed by atoms with Gasteiger partial charge in [-0.05, 0) is 62.3 Å². The van der Waals surface area contributed by atoms with Crippen molar-refractivity contribution in [1.29, 1.82) is 0 Å². The van der Waals surface area contributed by atoms with Crippen LogP contribution < -0.4 is 10.1 Å². The van der Waals surface area contributed by atoms with Gasteiger partial charge in [-0.25, -0.2) is 4.39 Å². The van der Waals surface area contributed by atoms with E-state index < -0.39 is 0 Å². The van der Waals surface area contributed by atoms with Crippen LogP contribution in [0.5, 0.6) is 5.75 Å². The monoisotopic (exact) mass is 416 g/mol. The molecule has 1 aromatic rings. The van der Waals surface area contributed by atoms with Gasteiger partial charge in [0.05, 0.1) is 0 Å². The van der Waals surface area contributed by atoms with Crippen LogP contribution in [0.15, 0.2) is 24.3 Å². The van der Waals surface area contributed by atoms with Crippen molar-refractivity contribution < 1.29 is 18.7 Å². The first-order valence-electron chi connectivity index (χ1n) is 11.5. The molecule has 0 spiro atoms. The first-order chi connectivity index (χ1) is 14.6. The molecular formula is C24H33FN2O3. The summed E-state index contributed by atoms with van der Waals surface area (Å²) in [6.07, 6.45) is 11.0. The average molecular weight is 417 g/mol. The lowest BCUT2D eigenvalue weighted by Gasteiger charge is -2.47. The molecule has 1 saturated heterocycles. The molecule has 1 heterocycles. The predicted molar refractivity (Wildman–Crippen MR) is 112 cm³/mol. The fourth-order valence-electron chi connectivity index (χ4n) is 5.75. The second-order valence-corrected chi connectivity index (χ2v) is 9.34. The summed E-state index contributed by atoms with van der Waals surface area (Å²) >= 11 is 0. The summed E-state index contributed by atoms with van der Waals surface area (Å²) in [7, 11) is 0. The van der Waals surface area contributed by atoms with E-state index in [2.05, 4.69) is 10.2 Å². The maximum atomic E-state index is 13.0. The lowest BCUT2D eigenvalue weighted by molar-refractivity contribution is -0.143. The van der Waals surface area contributed by atoms with Crippen molar-refractivity contribution in [3.63, 3.8) is 0 Å². The third-order valence-electron chi connectivity index (χ3n) is 7.39. The molecule has 0 bridgehead atoms. The van der Waals surface area contributed by atoms with Gasteiger partial charge < -0.3 is 15.0 Å². The van der Waals surface area contributed by atoms with E-state index in [1.165, 1.54) is 56.4 Å². The van der Waals surface area contributed by atoms with E-state index >= 15 is 0 Å². The average Bonchev–Trinajstić information content (AvgIpc) is 3.19. The Morgan fingerprint density at radius 1 is 1.10 bits per heavy atom. The van der Waals surface area contributed by atoms with Gasteiger partial charge in [-0.15, -0.1) is 0 Å². The molecule has 0 unspecified atom stereocenters. The van der Waals surface area contributed by atoms with Crippen LogP contribution in [0.4, 0.5) is 4.39 Å². The lowest BCUT2D eigenvalue weighted by atomic mass is 9.74. The van der Waals surface area contributed by atoms with Gasteiger partial charge in [0.2, 0.25) is 5.91 Å². The van der Waals surface area contributed by atoms with Crippen molar-refractivity contribution in [3.05, 3.63) is 30.1 Å². The van der Waals surface area contributed by atoms with E-state index in [-0.39, 0.29) is 29.8 Å². The number of halogens is 1. The van der Waals surface area contributed by atoms with Crippen molar-refractivity contribution >= 4 is 11.8 Å². The number of piperidine rings is 1. The summed E-state index contributed by atoms with van der Waals surface area (Å²) in [5, 5.41) is 3.06. The molecule has 2 saturated carbocycles. The number of hydrogen-bond donors (Lipinski definition) is 1. The molecule has 2 amide bonds. The SMILES string of the molecule is O=C(COc1ccc(F)cc1)NC[C@@]12CCC[C@H]1N(CC1CCCCC1)C(=O)CC2. The zero-order valence-electron chi connectivity index (χ0n) is 17.7. The summed E-state index contributed by atoms with van der Waals surface area (Å²) in [4.78, 5) is 27.3. The minimum absolute atomic E-state index is 0.00584. The van der Waals surface area contributed by atoms with E-state index in [1.54, 1.807) is 0 Å². The maximum Gasteiger partial charge on any atom is 0.257 e. The van der Waals surface area contributed by atoms with Gasteiger partial charge in [0.15, 0.2) is 6.61 Å². The van der Waals surface area contributed by atoms with Crippen LogP contribution in [0.25, 0.3) is 0 Å². The number of rotatable bonds is 7. The summed E-state index contributed by atoms with van der Waals surface area (Å²) in [5.41, 5.74) is -0.00584. The zero-order chi connectivity index (χ0) is 21.0. The Hall–Kier alpha value is -2.11. The molecule has 3 aliphatic rings. The molecule has 3 fully saturated rings. The fraction of sp³-hybridized carbons (Fsp3) is 0.667. The van der Waals surface area contributed by atoms with Crippen molar-refractivity contribution in [2.75, 3.05) is 19.7 Å². The smallest absolute Gasteiger partial charge is 0.257 e. The highest BCUT2D eigenvalue weighted by atomic mass is 19.1. The van der Waals surface area contributed by atoms with Crippen molar-refractivity contribution in [1.82, 2.24) is 10.2 Å². The van der Waals surface area contributed by atoms with Crippen molar-refractivity contribution in [2.45, 2.75) is 70.3 Å². The molecule has 0 aromatic heterocycles. The molecule has 2 atom stereocenters. The van der Waals surface area contributed by atoms with Crippen LogP contribution in [0.2, 0.25) is 0 Å². The minimum Gasteiger partial charge on any atom is -0.484 e. The van der Waals surface area contributed by atoms with E-state index in [9.17, 15) is 14.0 Å². The molecule has 1 aromatic carbocycles. The number of carbonyl (C=O) groups is 2. The third kappa shape index (κ3) is 4.79. The standard InChI is InChI=1S/C24H33FN2O3/c25-19-8-10-20(11-9-19)30-16-22(28)26-17-24-13-4-7-21(24)27(23(29)12-14-24)15-18-5-2-1-3-6-18/h8-11,18,21H,1-7,12-17H2,(H,26,28)/t21-,24+/m1/s1. The number of ether oxygens (including phenoxy) is 1. The Morgan fingerprint density at radius 2 is 1.87 bits per heavy atom. The number of carbonyl (C=O) groups excluding carboxylic acids is 2. The third-order valence-corrected chi connectivity index (χ3v) is 7.39. The maximum absolute atomic E-state index is 13.0. The normalized spacial score (nSPS) is 27.0. The highest BCUT2D eigenvalue weighted by Crippen LogP contribution is 2.48. The van der Waals surface area contributed by atoms with Gasteiger partial charge in [-0.3, -0.25) is 9.59 Å². The largest absolute Gasteiger partial charge is 0.484 e. The Bertz CT molecular complexity index is 747. The fourth-order valence-corrected chi connectivity index (χ4v) is 5.75. The summed E-state index contributed by atoms with van der Waals surface area (Å²) < 4.78 is 18.4. The predicted octanol–water partition coefficient (Wildman–Crippen LogP) is 4.06. The van der Waals surface area contributed by atoms with E-state index in [1.807, 2.05) is 0 Å². The van der Waals surface area contributed by atoms with Crippen LogP contribution in [0.1, 0.15) is 64.2 Å². The first kappa shape index (κ1) is 21.1. The topological polar surface area (TPSA) is 58.6 Å². The Morgan fingerprint density at radius 3 is 2.63 bits per heavy atom. The molecule has 30 heavy (non-hydrogen) atoms. The van der Waals surface area contributed by atoms with Crippen LogP contribution in [0.3, 0.4) is 0 Å². The van der Waals surface area contributed by atoms with Crippen molar-refractivity contribution in [3.8, 4) is 5.75 Å². The van der Waals surface area contributed by atoms with Gasteiger partial charge in [0.25, 0.3) is 5.91 Å². The van der Waals surface area contributed by atoms with E-state index in [0.29, 0.717) is 30.5 Å². The number of hydrogen-bond acceptors (Lipinski definition) is 3. The number of nitrogens with zero attached hydrogens (tertiary/aromatic N) is 1. The quantitative estimate of drug-likeness (QED) is 0.729. The number of amides is 2. The van der Waals surface area contributed by atoms with E-state index in [4.69, 9.17) is 4.74 Å². The molecule has 164 valence electrons. The van der Waals surface area contributed by atoms with Crippen LogP contribution in [-0.2, 0) is 9.59 Å². The first-order valence-corrected chi connectivity index (χ1v) is 11.5. The molecule has 6 heteroatoms. The van der Waals surface area contributed by atoms with Gasteiger partial charge in [-0.1, -0.05) is 25.7 Å². The van der Waals surface area contributed by atoms with Gasteiger partial charge in [-0.2, -0.15) is 0 Å². The molecule has 1 aliphatic heterocycles. The number of likely N-dealkylation sites (tertiary alicyclic amines) is 1. The second kappa shape index (κ2) is 9.36. The Kier molecular flexibility index (Phi) is 6.59. The molecule has 2 aliphatic carbocycles. The number of nitrogens with one attached hydrogen (secondary N) is 1. The number of benzene rings is 1. The van der Waals surface area contributed by atoms with Crippen LogP contribution in [-0.4, -0.2) is 42.5 Å². The summed E-state index contributed by atoms with van der Waals surface area (Å²) in [6, 6.07) is 5.91.